The lowest BCUT2D eigenvalue weighted by molar-refractivity contribution is 0.570. The van der Waals surface area contributed by atoms with Crippen LogP contribution in [-0.2, 0) is 4.57 Å². The van der Waals surface area contributed by atoms with Gasteiger partial charge in [0.1, 0.15) is 7.14 Å². The fraction of sp³-hybridized carbons (Fsp3) is 0.429. The van der Waals surface area contributed by atoms with Crippen molar-refractivity contribution in [2.45, 2.75) is 6.92 Å². The molecule has 0 radical (unpaired) electrons. The summed E-state index contributed by atoms with van der Waals surface area (Å²) in [4.78, 5) is 0. The molecule has 0 fully saturated rings. The van der Waals surface area contributed by atoms with E-state index in [0.717, 1.165) is 5.56 Å². The van der Waals surface area contributed by atoms with Crippen LogP contribution in [0.25, 0.3) is 0 Å². The first-order valence-corrected chi connectivity index (χ1v) is 5.93. The number of furan rings is 1. The predicted molar refractivity (Wildman–Crippen MR) is 46.9 cm³/mol. The van der Waals surface area contributed by atoms with Gasteiger partial charge < -0.3 is 14.7 Å². The minimum atomic E-state index is -2.27. The monoisotopic (exact) mass is 173 g/mol. The molecule has 0 saturated heterocycles. The molecule has 62 valence electrons. The van der Waals surface area contributed by atoms with Crippen LogP contribution in [0, 0.1) is 6.92 Å². The molecule has 4 heteroatoms. The molecular formula is C7H12NO2P. The van der Waals surface area contributed by atoms with Crippen LogP contribution in [0.3, 0.4) is 0 Å². The topological polar surface area (TPSA) is 56.2 Å². The predicted octanol–water partition coefficient (Wildman–Crippen LogP) is 1.42. The van der Waals surface area contributed by atoms with E-state index >= 15 is 0 Å². The second-order valence-corrected chi connectivity index (χ2v) is 6.13. The lowest BCUT2D eigenvalue weighted by Gasteiger charge is -1.98. The summed E-state index contributed by atoms with van der Waals surface area (Å²) < 4.78 is 16.5. The van der Waals surface area contributed by atoms with Crippen molar-refractivity contribution in [1.82, 2.24) is 0 Å². The molecule has 2 N–H and O–H groups in total. The Hall–Kier alpha value is -0.690. The summed E-state index contributed by atoms with van der Waals surface area (Å²) in [6.07, 6.45) is 0. The van der Waals surface area contributed by atoms with Crippen molar-refractivity contribution in [1.29, 1.82) is 0 Å². The van der Waals surface area contributed by atoms with E-state index < -0.39 is 7.14 Å². The Bertz CT molecular complexity index is 291. The maximum atomic E-state index is 11.4. The van der Waals surface area contributed by atoms with Gasteiger partial charge in [0.25, 0.3) is 0 Å². The smallest absolute Gasteiger partial charge is 0.194 e. The van der Waals surface area contributed by atoms with Crippen LogP contribution < -0.4 is 11.2 Å². The molecule has 0 spiro atoms. The molecule has 11 heavy (non-hydrogen) atoms. The molecule has 0 saturated carbocycles. The van der Waals surface area contributed by atoms with E-state index in [1.165, 1.54) is 0 Å². The minimum Gasteiger partial charge on any atom is -0.438 e. The Labute approximate surface area is 66.0 Å². The molecule has 0 aliphatic heterocycles. The highest BCUT2D eigenvalue weighted by Crippen LogP contribution is 2.36. The normalized spacial score (nSPS) is 11.9. The molecule has 3 nitrogen and oxygen atoms in total. The third kappa shape index (κ3) is 1.66. The minimum absolute atomic E-state index is 0.365. The van der Waals surface area contributed by atoms with Crippen molar-refractivity contribution in [3.05, 3.63) is 11.6 Å². The van der Waals surface area contributed by atoms with Crippen molar-refractivity contribution in [3.8, 4) is 0 Å². The molecule has 0 atom stereocenters. The van der Waals surface area contributed by atoms with Gasteiger partial charge in [0.2, 0.25) is 0 Å². The van der Waals surface area contributed by atoms with Crippen LogP contribution in [0.5, 0.6) is 0 Å². The highest BCUT2D eigenvalue weighted by molar-refractivity contribution is 7.69. The van der Waals surface area contributed by atoms with Gasteiger partial charge in [-0.3, -0.25) is 0 Å². The average molecular weight is 173 g/mol. The van der Waals surface area contributed by atoms with Crippen LogP contribution in [0.1, 0.15) is 5.56 Å². The number of anilines is 1. The van der Waals surface area contributed by atoms with Gasteiger partial charge in [-0.2, -0.15) is 0 Å². The molecular weight excluding hydrogens is 161 g/mol. The molecule has 0 aliphatic carbocycles. The third-order valence-corrected chi connectivity index (χ3v) is 2.76. The Kier molecular flexibility index (Phi) is 1.85. The van der Waals surface area contributed by atoms with Crippen LogP contribution in [0.15, 0.2) is 10.5 Å². The highest BCUT2D eigenvalue weighted by atomic mass is 31.2. The van der Waals surface area contributed by atoms with Crippen LogP contribution in [0.2, 0.25) is 0 Å². The van der Waals surface area contributed by atoms with Gasteiger partial charge in [0, 0.05) is 5.56 Å². The molecule has 0 amide bonds. The fourth-order valence-corrected chi connectivity index (χ4v) is 1.57. The zero-order valence-corrected chi connectivity index (χ0v) is 7.81. The molecule has 0 aliphatic rings. The first kappa shape index (κ1) is 8.41. The van der Waals surface area contributed by atoms with E-state index in [4.69, 9.17) is 10.2 Å². The van der Waals surface area contributed by atoms with Gasteiger partial charge in [-0.15, -0.1) is 0 Å². The van der Waals surface area contributed by atoms with Crippen LogP contribution >= 0.6 is 7.14 Å². The number of nitrogen functional groups attached to an aromatic ring is 1. The maximum absolute atomic E-state index is 11.4. The number of rotatable bonds is 1. The zero-order chi connectivity index (χ0) is 8.65. The fourth-order valence-electron chi connectivity index (χ4n) is 0.744. The van der Waals surface area contributed by atoms with Crippen LogP contribution in [-0.4, -0.2) is 13.3 Å². The molecule has 0 aromatic carbocycles. The van der Waals surface area contributed by atoms with Crippen molar-refractivity contribution < 1.29 is 8.98 Å². The number of hydrogen-bond acceptors (Lipinski definition) is 3. The average Bonchev–Trinajstić information content (AvgIpc) is 2.11. The molecule has 1 rings (SSSR count). The largest absolute Gasteiger partial charge is 0.438 e. The van der Waals surface area contributed by atoms with Crippen LogP contribution in [0.4, 0.5) is 5.88 Å². The van der Waals surface area contributed by atoms with Gasteiger partial charge >= 0.3 is 0 Å². The second kappa shape index (κ2) is 2.42. The summed E-state index contributed by atoms with van der Waals surface area (Å²) in [5.41, 5.74) is 6.81. The summed E-state index contributed by atoms with van der Waals surface area (Å²) in [6, 6.07) is 1.73. The maximum Gasteiger partial charge on any atom is 0.194 e. The molecule has 1 heterocycles. The zero-order valence-electron chi connectivity index (χ0n) is 6.92. The number of aryl methyl sites for hydroxylation is 1. The third-order valence-electron chi connectivity index (χ3n) is 1.47. The van der Waals surface area contributed by atoms with Gasteiger partial charge in [0.05, 0.1) is 0 Å². The van der Waals surface area contributed by atoms with Crippen molar-refractivity contribution in [2.75, 3.05) is 19.1 Å². The van der Waals surface area contributed by atoms with E-state index in [2.05, 4.69) is 0 Å². The molecule has 1 aromatic heterocycles. The molecule has 0 bridgehead atoms. The Morgan fingerprint density at radius 1 is 1.55 bits per heavy atom. The summed E-state index contributed by atoms with van der Waals surface area (Å²) >= 11 is 0. The second-order valence-electron chi connectivity index (χ2n) is 2.98. The Morgan fingerprint density at radius 2 is 2.09 bits per heavy atom. The molecule has 1 aromatic rings. The van der Waals surface area contributed by atoms with Gasteiger partial charge in [0.15, 0.2) is 11.4 Å². The first-order valence-electron chi connectivity index (χ1n) is 3.32. The summed E-state index contributed by atoms with van der Waals surface area (Å²) in [5.74, 6) is 0.365. The Morgan fingerprint density at radius 3 is 2.27 bits per heavy atom. The lowest BCUT2D eigenvalue weighted by Crippen LogP contribution is -1.97. The van der Waals surface area contributed by atoms with E-state index in [0.29, 0.717) is 11.4 Å². The lowest BCUT2D eigenvalue weighted by atomic mass is 10.4. The quantitative estimate of drug-likeness (QED) is 0.653. The van der Waals surface area contributed by atoms with E-state index in [-0.39, 0.29) is 0 Å². The number of hydrogen-bond donors (Lipinski definition) is 1. The molecule has 0 unspecified atom stereocenters. The summed E-state index contributed by atoms with van der Waals surface area (Å²) in [5, 5.41) is 0. The standard InChI is InChI=1S/C7H12NO2P/c1-5-4-6(10-7(5)8)11(2,3)9/h4H,8H2,1-3H3. The van der Waals surface area contributed by atoms with E-state index in [9.17, 15) is 4.57 Å². The first-order chi connectivity index (χ1) is 4.91. The summed E-state index contributed by atoms with van der Waals surface area (Å²) in [6.45, 7) is 5.15. The van der Waals surface area contributed by atoms with E-state index in [1.807, 2.05) is 6.92 Å². The number of nitrogens with two attached hydrogens (primary N) is 1. The van der Waals surface area contributed by atoms with Crippen molar-refractivity contribution >= 4 is 18.5 Å². The van der Waals surface area contributed by atoms with Gasteiger partial charge in [-0.25, -0.2) is 0 Å². The Balaban J connectivity index is 3.18. The highest BCUT2D eigenvalue weighted by Gasteiger charge is 2.16. The van der Waals surface area contributed by atoms with Gasteiger partial charge in [-0.05, 0) is 26.3 Å². The SMILES string of the molecule is Cc1cc(P(C)(C)=O)oc1N. The van der Waals surface area contributed by atoms with E-state index in [1.54, 1.807) is 19.4 Å². The van der Waals surface area contributed by atoms with Crippen molar-refractivity contribution in [3.63, 3.8) is 0 Å². The summed E-state index contributed by atoms with van der Waals surface area (Å²) in [7, 11) is -2.27. The van der Waals surface area contributed by atoms with Crippen molar-refractivity contribution in [2.24, 2.45) is 0 Å². The van der Waals surface area contributed by atoms with Gasteiger partial charge in [-0.1, -0.05) is 0 Å².